The molecule has 2 rings (SSSR count). The first-order valence-electron chi connectivity index (χ1n) is 6.90. The van der Waals surface area contributed by atoms with E-state index in [4.69, 9.17) is 23.2 Å². The molecule has 114 valence electrons. The van der Waals surface area contributed by atoms with Gasteiger partial charge in [-0.15, -0.1) is 11.3 Å². The monoisotopic (exact) mass is 342 g/mol. The van der Waals surface area contributed by atoms with Crippen LogP contribution in [0.2, 0.25) is 10.0 Å². The predicted molar refractivity (Wildman–Crippen MR) is 92.5 cm³/mol. The van der Waals surface area contributed by atoms with Gasteiger partial charge in [0.2, 0.25) is 0 Å². The zero-order valence-electron chi connectivity index (χ0n) is 12.7. The molecule has 0 bridgehead atoms. The minimum absolute atomic E-state index is 0.0971. The van der Waals surface area contributed by atoms with Gasteiger partial charge < -0.3 is 5.32 Å². The fourth-order valence-corrected chi connectivity index (χ4v) is 3.48. The van der Waals surface area contributed by atoms with Gasteiger partial charge in [0.05, 0.1) is 5.69 Å². The first kappa shape index (κ1) is 16.8. The maximum absolute atomic E-state index is 6.23. The van der Waals surface area contributed by atoms with E-state index in [0.717, 1.165) is 22.8 Å². The number of thiazole rings is 1. The van der Waals surface area contributed by atoms with E-state index in [9.17, 15) is 0 Å². The van der Waals surface area contributed by atoms with E-state index in [1.54, 1.807) is 17.4 Å². The Labute approximate surface area is 140 Å². The molecule has 1 aromatic carbocycles. The van der Waals surface area contributed by atoms with Crippen LogP contribution in [0.5, 0.6) is 0 Å². The molecule has 0 saturated carbocycles. The minimum Gasteiger partial charge on any atom is -0.304 e. The zero-order chi connectivity index (χ0) is 15.6. The van der Waals surface area contributed by atoms with Gasteiger partial charge in [-0.3, -0.25) is 0 Å². The highest BCUT2D eigenvalue weighted by molar-refractivity contribution is 7.09. The van der Waals surface area contributed by atoms with Crippen molar-refractivity contribution >= 4 is 34.5 Å². The summed E-state index contributed by atoms with van der Waals surface area (Å²) in [5, 5.41) is 8.04. The van der Waals surface area contributed by atoms with Gasteiger partial charge in [-0.1, -0.05) is 50.0 Å². The summed E-state index contributed by atoms with van der Waals surface area (Å²) in [6.45, 7) is 9.36. The Balaban J connectivity index is 2.01. The van der Waals surface area contributed by atoms with E-state index in [2.05, 4.69) is 43.4 Å². The normalized spacial score (nSPS) is 13.4. The number of nitrogens with zero attached hydrogens (tertiary/aromatic N) is 1. The number of nitrogens with one attached hydrogen (secondary N) is 1. The second-order valence-corrected chi connectivity index (χ2v) is 7.93. The molecule has 0 amide bonds. The van der Waals surface area contributed by atoms with Crippen molar-refractivity contribution in [2.45, 2.75) is 45.7 Å². The third-order valence-electron chi connectivity index (χ3n) is 3.31. The predicted octanol–water partition coefficient (Wildman–Crippen LogP) is 5.60. The van der Waals surface area contributed by atoms with Crippen LogP contribution < -0.4 is 5.32 Å². The second-order valence-electron chi connectivity index (χ2n) is 6.14. The Hall–Kier alpha value is -0.610. The fourth-order valence-electron chi connectivity index (χ4n) is 1.94. The molecule has 1 unspecified atom stereocenters. The molecule has 0 spiro atoms. The Morgan fingerprint density at radius 3 is 2.57 bits per heavy atom. The van der Waals surface area contributed by atoms with E-state index < -0.39 is 0 Å². The molecular formula is C16H20Cl2N2S. The molecule has 5 heteroatoms. The SMILES string of the molecule is CC(NCc1nc(C(C)(C)C)cs1)c1ccc(Cl)cc1Cl. The molecule has 2 nitrogen and oxygen atoms in total. The van der Waals surface area contributed by atoms with E-state index in [0.29, 0.717) is 10.0 Å². The molecule has 0 aliphatic rings. The van der Waals surface area contributed by atoms with E-state index >= 15 is 0 Å². The number of aromatic nitrogens is 1. The molecule has 0 saturated heterocycles. The summed E-state index contributed by atoms with van der Waals surface area (Å²) in [6.07, 6.45) is 0. The van der Waals surface area contributed by atoms with Crippen LogP contribution in [0.15, 0.2) is 23.6 Å². The Bertz CT molecular complexity index is 617. The smallest absolute Gasteiger partial charge is 0.107 e. The van der Waals surface area contributed by atoms with Crippen LogP contribution in [0.1, 0.15) is 50.0 Å². The standard InChI is InChI=1S/C16H20Cl2N2S/c1-10(12-6-5-11(17)7-13(12)18)19-8-15-20-14(9-21-15)16(2,3)4/h5-7,9-10,19H,8H2,1-4H3. The minimum atomic E-state index is 0.0971. The highest BCUT2D eigenvalue weighted by Gasteiger charge is 2.17. The molecule has 0 radical (unpaired) electrons. The van der Waals surface area contributed by atoms with Gasteiger partial charge in [-0.2, -0.15) is 0 Å². The van der Waals surface area contributed by atoms with Crippen molar-refractivity contribution in [1.29, 1.82) is 0 Å². The van der Waals surface area contributed by atoms with Crippen LogP contribution in [0, 0.1) is 0 Å². The third kappa shape index (κ3) is 4.43. The van der Waals surface area contributed by atoms with Gasteiger partial charge >= 0.3 is 0 Å². The van der Waals surface area contributed by atoms with Crippen LogP contribution in [0.25, 0.3) is 0 Å². The highest BCUT2D eigenvalue weighted by atomic mass is 35.5. The van der Waals surface area contributed by atoms with Crippen molar-refractivity contribution in [1.82, 2.24) is 10.3 Å². The van der Waals surface area contributed by atoms with Gasteiger partial charge in [0.25, 0.3) is 0 Å². The van der Waals surface area contributed by atoms with Crippen LogP contribution in [-0.2, 0) is 12.0 Å². The summed E-state index contributed by atoms with van der Waals surface area (Å²) in [5.74, 6) is 0. The highest BCUT2D eigenvalue weighted by Crippen LogP contribution is 2.27. The van der Waals surface area contributed by atoms with E-state index in [-0.39, 0.29) is 11.5 Å². The number of halogens is 2. The van der Waals surface area contributed by atoms with Gasteiger partial charge in [0.1, 0.15) is 5.01 Å². The third-order valence-corrected chi connectivity index (χ3v) is 4.72. The number of rotatable bonds is 4. The zero-order valence-corrected chi connectivity index (χ0v) is 15.0. The molecule has 2 aromatic rings. The first-order valence-corrected chi connectivity index (χ1v) is 8.54. The largest absolute Gasteiger partial charge is 0.304 e. The van der Waals surface area contributed by atoms with E-state index in [1.807, 2.05) is 12.1 Å². The summed E-state index contributed by atoms with van der Waals surface area (Å²) in [6, 6.07) is 5.75. The Morgan fingerprint density at radius 2 is 2.00 bits per heavy atom. The maximum atomic E-state index is 6.23. The number of hydrogen-bond donors (Lipinski definition) is 1. The summed E-state index contributed by atoms with van der Waals surface area (Å²) in [5.41, 5.74) is 2.29. The average Bonchev–Trinajstić information content (AvgIpc) is 2.84. The second kappa shape index (κ2) is 6.66. The van der Waals surface area contributed by atoms with Crippen molar-refractivity contribution < 1.29 is 0 Å². The molecule has 0 aliphatic carbocycles. The maximum Gasteiger partial charge on any atom is 0.107 e. The lowest BCUT2D eigenvalue weighted by atomic mass is 9.93. The van der Waals surface area contributed by atoms with Crippen molar-refractivity contribution in [3.63, 3.8) is 0 Å². The molecule has 0 aliphatic heterocycles. The number of benzene rings is 1. The van der Waals surface area contributed by atoms with Crippen molar-refractivity contribution in [2.75, 3.05) is 0 Å². The molecule has 21 heavy (non-hydrogen) atoms. The van der Waals surface area contributed by atoms with Gasteiger partial charge in [0.15, 0.2) is 0 Å². The van der Waals surface area contributed by atoms with Crippen LogP contribution in [0.3, 0.4) is 0 Å². The molecule has 1 atom stereocenters. The van der Waals surface area contributed by atoms with Crippen LogP contribution in [-0.4, -0.2) is 4.98 Å². The lowest BCUT2D eigenvalue weighted by Crippen LogP contribution is -2.19. The quantitative estimate of drug-likeness (QED) is 0.782. The summed E-state index contributed by atoms with van der Waals surface area (Å²) in [4.78, 5) is 4.69. The number of hydrogen-bond acceptors (Lipinski definition) is 3. The Kier molecular flexibility index (Phi) is 5.31. The van der Waals surface area contributed by atoms with Crippen molar-refractivity contribution in [3.05, 3.63) is 49.9 Å². The molecular weight excluding hydrogens is 323 g/mol. The molecule has 1 heterocycles. The van der Waals surface area contributed by atoms with Gasteiger partial charge in [-0.25, -0.2) is 4.98 Å². The van der Waals surface area contributed by atoms with Gasteiger partial charge in [-0.05, 0) is 24.6 Å². The van der Waals surface area contributed by atoms with Gasteiger partial charge in [0, 0.05) is 33.4 Å². The lowest BCUT2D eigenvalue weighted by Gasteiger charge is -2.16. The molecule has 1 N–H and O–H groups in total. The molecule has 1 aromatic heterocycles. The van der Waals surface area contributed by atoms with Crippen LogP contribution >= 0.6 is 34.5 Å². The lowest BCUT2D eigenvalue weighted by molar-refractivity contribution is 0.554. The molecule has 0 fully saturated rings. The van der Waals surface area contributed by atoms with Crippen molar-refractivity contribution in [3.8, 4) is 0 Å². The summed E-state index contributed by atoms with van der Waals surface area (Å²) >= 11 is 13.9. The van der Waals surface area contributed by atoms with E-state index in [1.165, 1.54) is 0 Å². The van der Waals surface area contributed by atoms with Crippen molar-refractivity contribution in [2.24, 2.45) is 0 Å². The van der Waals surface area contributed by atoms with Crippen LogP contribution in [0.4, 0.5) is 0 Å². The topological polar surface area (TPSA) is 24.9 Å². The first-order chi connectivity index (χ1) is 9.77. The summed E-state index contributed by atoms with van der Waals surface area (Å²) < 4.78 is 0. The Morgan fingerprint density at radius 1 is 1.29 bits per heavy atom. The fraction of sp³-hybridized carbons (Fsp3) is 0.438. The average molecular weight is 343 g/mol. The summed E-state index contributed by atoms with van der Waals surface area (Å²) in [7, 11) is 0.